The van der Waals surface area contributed by atoms with Crippen molar-refractivity contribution in [2.45, 2.75) is 196 Å². The van der Waals surface area contributed by atoms with Gasteiger partial charge < -0.3 is 43.6 Å². The third-order valence-corrected chi connectivity index (χ3v) is 10.9. The smallest absolute Gasteiger partial charge is 0.0943 e. The summed E-state index contributed by atoms with van der Waals surface area (Å²) < 4.78 is 6.99. The molecule has 0 saturated carbocycles. The number of unbranched alkanes of at least 4 members (excludes halogenated alkanes) is 2. The Morgan fingerprint density at radius 2 is 0.800 bits per heavy atom. The Morgan fingerprint density at radius 1 is 0.471 bits per heavy atom. The van der Waals surface area contributed by atoms with Crippen molar-refractivity contribution in [3.05, 3.63) is 128 Å². The molecule has 0 N–H and O–H groups in total. The van der Waals surface area contributed by atoms with E-state index in [2.05, 4.69) is 166 Å². The number of nitrogens with zero attached hydrogens (tertiary/aromatic N) is 10. The summed E-state index contributed by atoms with van der Waals surface area (Å²) in [6.07, 6.45) is 24.4. The van der Waals surface area contributed by atoms with Gasteiger partial charge in [-0.1, -0.05) is 204 Å². The van der Waals surface area contributed by atoms with Crippen molar-refractivity contribution in [3.8, 4) is 0 Å². The number of aromatic nitrogens is 3. The fourth-order valence-corrected chi connectivity index (χ4v) is 6.30. The summed E-state index contributed by atoms with van der Waals surface area (Å²) in [5.41, 5.74) is 3.83. The first-order valence-electron chi connectivity index (χ1n) is 33.2. The molecule has 11 heteroatoms. The summed E-state index contributed by atoms with van der Waals surface area (Å²) in [5, 5.41) is 0. The highest BCUT2D eigenvalue weighted by molar-refractivity contribution is 5.43. The molecule has 2 aromatic carbocycles. The summed E-state index contributed by atoms with van der Waals surface area (Å²) in [6, 6.07) is 24.5. The fraction of sp³-hybridized carbons (Fsp3) is 0.703. The van der Waals surface area contributed by atoms with Crippen LogP contribution in [0.15, 0.2) is 117 Å². The molecule has 0 unspecified atom stereocenters. The Morgan fingerprint density at radius 3 is 0.953 bits per heavy atom. The molecule has 85 heavy (non-hydrogen) atoms. The molecule has 0 amide bonds. The van der Waals surface area contributed by atoms with Crippen molar-refractivity contribution < 1.29 is 4.74 Å². The SMILES string of the molecule is C.C=CC.CC.CC.CC.CC.CC.CCC.CCCCC.CCCN(C)C.CN(C)c1ccccc1.CN1CCCC1.CN1CCCCC1.CN1CCN(C)CC1.CN1CCOCC1.Cc1ccccc1.Cc1ccncc1.Cn1ccnc1. The number of para-hydroxylation sites is 1. The molecule has 6 heterocycles. The van der Waals surface area contributed by atoms with Gasteiger partial charge in [0.1, 0.15) is 0 Å². The molecule has 0 bridgehead atoms. The van der Waals surface area contributed by atoms with Crippen LogP contribution in [0.25, 0.3) is 0 Å². The molecule has 2 aromatic heterocycles. The van der Waals surface area contributed by atoms with E-state index in [0.29, 0.717) is 0 Å². The Balaban J connectivity index is -0.0000000896. The van der Waals surface area contributed by atoms with Gasteiger partial charge in [-0.2, -0.15) is 0 Å². The largest absolute Gasteiger partial charge is 0.379 e. The van der Waals surface area contributed by atoms with Crippen LogP contribution < -0.4 is 4.90 Å². The maximum absolute atomic E-state index is 5.10. The third-order valence-electron chi connectivity index (χ3n) is 10.9. The third kappa shape index (κ3) is 102. The standard InChI is InChI=1S/C8H11N.C7H8.C6H14N2.C6H7N.C6H13N.C5H11NO.C5H11N.C5H13N.C5H12.C4H6N2.C3H8.C3H6.5C2H6.CH4/c1-9(2)8-6-4-3-5-7-8;1-7-5-3-2-4-6-7;1-7-3-5-8(2)6-4-7;1-6-2-4-7-5-3-6;1-7-5-3-2-4-6-7;1-6-2-4-7-5-3-6;1-6-4-2-3-5-6;1-4-5-6(2)3;1-3-5-4-2;1-6-3-2-5-4-6;2*1-3-2;5*1-2;/h3-7H,1-2H3;2-6H,1H3;3-6H2,1-2H3;2-5H,1H3;2-6H2,1H3;2-5H2,1H3;2-5H2,1H3;4-5H2,1-3H3;3-5H2,1-2H3;2-4H,1H3;3H2,1-2H3;3H,1H2,2H3;5*1-2H3;1H4. The van der Waals surface area contributed by atoms with E-state index in [9.17, 15) is 0 Å². The van der Waals surface area contributed by atoms with E-state index in [-0.39, 0.29) is 7.43 Å². The number of piperidine rings is 1. The lowest BCUT2D eigenvalue weighted by Gasteiger charge is -2.28. The molecule has 4 fully saturated rings. The zero-order valence-corrected chi connectivity index (χ0v) is 61.7. The lowest BCUT2D eigenvalue weighted by atomic mass is 10.1. The maximum atomic E-state index is 5.10. The number of imidazole rings is 1. The minimum Gasteiger partial charge on any atom is -0.379 e. The van der Waals surface area contributed by atoms with E-state index < -0.39 is 0 Å². The molecule has 0 aliphatic carbocycles. The van der Waals surface area contributed by atoms with Gasteiger partial charge in [0.15, 0.2) is 0 Å². The Bertz CT molecular complexity index is 1510. The first kappa shape index (κ1) is 103. The van der Waals surface area contributed by atoms with E-state index in [1.54, 1.807) is 31.0 Å². The predicted molar refractivity (Wildman–Crippen MR) is 395 cm³/mol. The van der Waals surface area contributed by atoms with Crippen LogP contribution >= 0.6 is 0 Å². The van der Waals surface area contributed by atoms with Gasteiger partial charge in [-0.3, -0.25) is 4.98 Å². The van der Waals surface area contributed by atoms with Gasteiger partial charge >= 0.3 is 0 Å². The Kier molecular flexibility index (Phi) is 113. The zero-order valence-electron chi connectivity index (χ0n) is 61.7. The predicted octanol–water partition coefficient (Wildman–Crippen LogP) is 18.7. The van der Waals surface area contributed by atoms with E-state index in [1.165, 1.54) is 140 Å². The van der Waals surface area contributed by atoms with Crippen LogP contribution in [-0.4, -0.2) is 193 Å². The van der Waals surface area contributed by atoms with Crippen molar-refractivity contribution in [2.24, 2.45) is 7.05 Å². The van der Waals surface area contributed by atoms with Crippen molar-refractivity contribution in [3.63, 3.8) is 0 Å². The minimum atomic E-state index is 0. The number of allylic oxidation sites excluding steroid dienone is 1. The maximum Gasteiger partial charge on any atom is 0.0943 e. The fourth-order valence-electron chi connectivity index (χ4n) is 6.30. The van der Waals surface area contributed by atoms with Crippen molar-refractivity contribution in [2.75, 3.05) is 154 Å². The second-order valence-corrected chi connectivity index (χ2v) is 19.8. The van der Waals surface area contributed by atoms with Gasteiger partial charge in [0, 0.05) is 90.9 Å². The number of morpholine rings is 1. The molecule has 0 atom stereocenters. The number of benzene rings is 2. The van der Waals surface area contributed by atoms with Crippen LogP contribution in [0.1, 0.15) is 194 Å². The second kappa shape index (κ2) is 93.7. The number of aryl methyl sites for hydroxylation is 3. The van der Waals surface area contributed by atoms with Gasteiger partial charge in [0.2, 0.25) is 0 Å². The highest BCUT2D eigenvalue weighted by Gasteiger charge is 2.08. The van der Waals surface area contributed by atoms with Crippen LogP contribution in [0.4, 0.5) is 5.69 Å². The van der Waals surface area contributed by atoms with Crippen molar-refractivity contribution >= 4 is 5.69 Å². The van der Waals surface area contributed by atoms with E-state index in [1.807, 2.05) is 164 Å². The first-order chi connectivity index (χ1) is 40.5. The average Bonchev–Trinajstić information content (AvgIpc) is 4.24. The molecule has 4 saturated heterocycles. The molecule has 0 radical (unpaired) electrons. The monoisotopic (exact) mass is 1200 g/mol. The summed E-state index contributed by atoms with van der Waals surface area (Å²) in [5.74, 6) is 0. The number of hydrogen-bond donors (Lipinski definition) is 0. The molecule has 0 spiro atoms. The number of hydrogen-bond acceptors (Lipinski definition) is 10. The van der Waals surface area contributed by atoms with E-state index in [0.717, 1.165) is 26.3 Å². The van der Waals surface area contributed by atoms with Crippen LogP contribution in [0.2, 0.25) is 0 Å². The summed E-state index contributed by atoms with van der Waals surface area (Å²) in [4.78, 5) is 23.6. The van der Waals surface area contributed by atoms with Crippen LogP contribution in [-0.2, 0) is 11.8 Å². The second-order valence-electron chi connectivity index (χ2n) is 19.8. The van der Waals surface area contributed by atoms with Gasteiger partial charge in [0.05, 0.1) is 19.5 Å². The van der Waals surface area contributed by atoms with Gasteiger partial charge in [0.25, 0.3) is 0 Å². The molecule has 4 aliphatic rings. The highest BCUT2D eigenvalue weighted by Crippen LogP contribution is 2.07. The van der Waals surface area contributed by atoms with Crippen molar-refractivity contribution in [1.82, 2.24) is 43.9 Å². The summed E-state index contributed by atoms with van der Waals surface area (Å²) in [7, 11) is 21.0. The number of piperazine rings is 1. The average molecular weight is 1200 g/mol. The zero-order chi connectivity index (χ0) is 66.5. The molecule has 4 aromatic rings. The normalized spacial score (nSPS) is 13.4. The summed E-state index contributed by atoms with van der Waals surface area (Å²) in [6.45, 7) is 55.7. The molecular formula is C74H154N10O. The topological polar surface area (TPSA) is 62.6 Å². The van der Waals surface area contributed by atoms with E-state index >= 15 is 0 Å². The molecule has 11 nitrogen and oxygen atoms in total. The van der Waals surface area contributed by atoms with E-state index in [4.69, 9.17) is 4.74 Å². The lowest BCUT2D eigenvalue weighted by Crippen LogP contribution is -2.42. The number of pyridine rings is 1. The Labute approximate surface area is 536 Å². The number of likely N-dealkylation sites (N-methyl/N-ethyl adjacent to an activating group) is 3. The molecule has 506 valence electrons. The van der Waals surface area contributed by atoms with Crippen LogP contribution in [0, 0.1) is 13.8 Å². The van der Waals surface area contributed by atoms with Crippen molar-refractivity contribution in [1.29, 1.82) is 0 Å². The lowest BCUT2D eigenvalue weighted by molar-refractivity contribution is 0.0503. The van der Waals surface area contributed by atoms with Crippen LogP contribution in [0.3, 0.4) is 0 Å². The quantitative estimate of drug-likeness (QED) is 0.181. The number of rotatable bonds is 5. The van der Waals surface area contributed by atoms with Gasteiger partial charge in [-0.05, 0) is 165 Å². The summed E-state index contributed by atoms with van der Waals surface area (Å²) >= 11 is 0. The molecule has 8 rings (SSSR count). The molecule has 4 aliphatic heterocycles. The first-order valence-corrected chi connectivity index (χ1v) is 33.2. The molecular weight excluding hydrogens is 1040 g/mol. The van der Waals surface area contributed by atoms with Gasteiger partial charge in [-0.15, -0.1) is 6.58 Å². The Hall–Kier alpha value is -3.94. The van der Waals surface area contributed by atoms with Gasteiger partial charge in [-0.25, -0.2) is 4.98 Å². The van der Waals surface area contributed by atoms with Crippen LogP contribution in [0.5, 0.6) is 0 Å². The number of ether oxygens (including phenoxy) is 1. The minimum absolute atomic E-state index is 0. The highest BCUT2D eigenvalue weighted by atomic mass is 16.5. The number of likely N-dealkylation sites (tertiary alicyclic amines) is 2. The number of anilines is 1.